The Kier molecular flexibility index (Phi) is 4.15. The maximum absolute atomic E-state index is 13.3. The minimum absolute atomic E-state index is 0.000988. The number of methoxy groups -OCH3 is 1. The molecule has 0 fully saturated rings. The quantitative estimate of drug-likeness (QED) is 0.798. The molecule has 0 N–H and O–H groups in total. The van der Waals surface area contributed by atoms with Gasteiger partial charge in [-0.2, -0.15) is 5.26 Å². The smallest absolute Gasteiger partial charge is 0.340 e. The molecule has 0 unspecified atom stereocenters. The molecule has 0 bridgehead atoms. The van der Waals surface area contributed by atoms with Crippen LogP contribution in [-0.4, -0.2) is 18.1 Å². The largest absolute Gasteiger partial charge is 0.465 e. The van der Waals surface area contributed by atoms with Gasteiger partial charge in [0.15, 0.2) is 5.69 Å². The van der Waals surface area contributed by atoms with Crippen LogP contribution in [0.4, 0.5) is 8.78 Å². The van der Waals surface area contributed by atoms with Gasteiger partial charge in [-0.3, -0.25) is 0 Å². The highest BCUT2D eigenvalue weighted by Gasteiger charge is 2.19. The number of ether oxygens (including phenoxy) is 1. The monoisotopic (exact) mass is 308 g/mol. The van der Waals surface area contributed by atoms with E-state index in [1.807, 2.05) is 0 Å². The number of pyridine rings is 1. The van der Waals surface area contributed by atoms with Crippen LogP contribution < -0.4 is 0 Å². The van der Waals surface area contributed by atoms with Gasteiger partial charge >= 0.3 is 5.97 Å². The molecule has 0 amide bonds. The highest BCUT2D eigenvalue weighted by molar-refractivity contribution is 6.32. The molecule has 0 spiro atoms. The Bertz CT molecular complexity index is 752. The van der Waals surface area contributed by atoms with E-state index in [1.165, 1.54) is 6.07 Å². The number of hydrogen-bond acceptors (Lipinski definition) is 4. The average Bonchev–Trinajstić information content (AvgIpc) is 2.45. The lowest BCUT2D eigenvalue weighted by molar-refractivity contribution is 0.0601. The summed E-state index contributed by atoms with van der Waals surface area (Å²) in [6.45, 7) is 0. The summed E-state index contributed by atoms with van der Waals surface area (Å²) in [5.41, 5.74) is -0.335. The van der Waals surface area contributed by atoms with Gasteiger partial charge < -0.3 is 4.74 Å². The van der Waals surface area contributed by atoms with E-state index in [4.69, 9.17) is 16.9 Å². The van der Waals surface area contributed by atoms with Gasteiger partial charge in [-0.15, -0.1) is 0 Å². The second kappa shape index (κ2) is 5.85. The van der Waals surface area contributed by atoms with Crippen LogP contribution in [0.2, 0.25) is 5.02 Å². The molecule has 0 aliphatic carbocycles. The molecule has 7 heteroatoms. The summed E-state index contributed by atoms with van der Waals surface area (Å²) in [5.74, 6) is -2.46. The van der Waals surface area contributed by atoms with Crippen LogP contribution >= 0.6 is 11.6 Å². The van der Waals surface area contributed by atoms with Crippen molar-refractivity contribution in [2.45, 2.75) is 0 Å². The molecule has 0 saturated heterocycles. The first-order chi connectivity index (χ1) is 9.96. The number of esters is 1. The highest BCUT2D eigenvalue weighted by atomic mass is 35.5. The van der Waals surface area contributed by atoms with Crippen molar-refractivity contribution in [1.29, 1.82) is 5.26 Å². The summed E-state index contributed by atoms with van der Waals surface area (Å²) < 4.78 is 31.2. The van der Waals surface area contributed by atoms with Crippen LogP contribution in [0, 0.1) is 23.0 Å². The van der Waals surface area contributed by atoms with E-state index in [9.17, 15) is 13.6 Å². The number of rotatable bonds is 2. The molecular weight excluding hydrogens is 302 g/mol. The molecule has 21 heavy (non-hydrogen) atoms. The first-order valence-electron chi connectivity index (χ1n) is 5.61. The van der Waals surface area contributed by atoms with Gasteiger partial charge in [0.25, 0.3) is 0 Å². The van der Waals surface area contributed by atoms with Crippen LogP contribution in [0.15, 0.2) is 24.3 Å². The second-order valence-electron chi connectivity index (χ2n) is 3.98. The van der Waals surface area contributed by atoms with Crippen molar-refractivity contribution in [3.05, 3.63) is 52.2 Å². The highest BCUT2D eigenvalue weighted by Crippen LogP contribution is 2.28. The fraction of sp³-hybridized carbons (Fsp3) is 0.0714. The lowest BCUT2D eigenvalue weighted by Crippen LogP contribution is -2.07. The standard InChI is InChI=1S/C14H7ClF2N2O2/c1-21-14(20)10-5-11(15)12(6-18)19-13(10)7-2-8(16)4-9(17)3-7/h2-5H,1H3. The summed E-state index contributed by atoms with van der Waals surface area (Å²) in [4.78, 5) is 15.6. The van der Waals surface area contributed by atoms with Crippen molar-refractivity contribution in [1.82, 2.24) is 4.98 Å². The maximum Gasteiger partial charge on any atom is 0.340 e. The zero-order chi connectivity index (χ0) is 15.6. The predicted octanol–water partition coefficient (Wildman–Crippen LogP) is 3.34. The zero-order valence-corrected chi connectivity index (χ0v) is 11.4. The van der Waals surface area contributed by atoms with Crippen LogP contribution in [0.1, 0.15) is 16.1 Å². The van der Waals surface area contributed by atoms with Gasteiger partial charge in [0.1, 0.15) is 17.7 Å². The first-order valence-corrected chi connectivity index (χ1v) is 5.99. The number of halogens is 3. The van der Waals surface area contributed by atoms with Gasteiger partial charge in [0.05, 0.1) is 23.4 Å². The minimum atomic E-state index is -0.837. The number of carbonyl (C=O) groups excluding carboxylic acids is 1. The third-order valence-corrected chi connectivity index (χ3v) is 2.91. The SMILES string of the molecule is COC(=O)c1cc(Cl)c(C#N)nc1-c1cc(F)cc(F)c1. The predicted molar refractivity (Wildman–Crippen MR) is 70.7 cm³/mol. The summed E-state index contributed by atoms with van der Waals surface area (Å²) in [7, 11) is 1.14. The Balaban J connectivity index is 2.76. The second-order valence-corrected chi connectivity index (χ2v) is 4.38. The molecule has 1 aromatic heterocycles. The van der Waals surface area contributed by atoms with Crippen LogP contribution in [-0.2, 0) is 4.74 Å². The maximum atomic E-state index is 13.3. The minimum Gasteiger partial charge on any atom is -0.465 e. The Hall–Kier alpha value is -2.52. The van der Waals surface area contributed by atoms with Crippen LogP contribution in [0.25, 0.3) is 11.3 Å². The Morgan fingerprint density at radius 3 is 2.43 bits per heavy atom. The van der Waals surface area contributed by atoms with Gasteiger partial charge in [0, 0.05) is 11.6 Å². The molecule has 2 aromatic rings. The van der Waals surface area contributed by atoms with Crippen LogP contribution in [0.5, 0.6) is 0 Å². The van der Waals surface area contributed by atoms with E-state index < -0.39 is 17.6 Å². The van der Waals surface area contributed by atoms with Crippen molar-refractivity contribution < 1.29 is 18.3 Å². The molecule has 0 saturated carbocycles. The van der Waals surface area contributed by atoms with Gasteiger partial charge in [0.2, 0.25) is 0 Å². The number of nitriles is 1. The number of hydrogen-bond donors (Lipinski definition) is 0. The Labute approximate surface area is 123 Å². The van der Waals surface area contributed by atoms with E-state index >= 15 is 0 Å². The molecule has 4 nitrogen and oxygen atoms in total. The van der Waals surface area contributed by atoms with Crippen molar-refractivity contribution in [2.24, 2.45) is 0 Å². The van der Waals surface area contributed by atoms with E-state index in [0.717, 1.165) is 19.2 Å². The van der Waals surface area contributed by atoms with E-state index in [2.05, 4.69) is 9.72 Å². The molecule has 106 valence electrons. The molecule has 1 heterocycles. The summed E-state index contributed by atoms with van der Waals surface area (Å²) >= 11 is 5.81. The number of nitrogens with zero attached hydrogens (tertiary/aromatic N) is 2. The van der Waals surface area contributed by atoms with Gasteiger partial charge in [-0.05, 0) is 18.2 Å². The van der Waals surface area contributed by atoms with Crippen molar-refractivity contribution in [3.63, 3.8) is 0 Å². The lowest BCUT2D eigenvalue weighted by Gasteiger charge is -2.09. The van der Waals surface area contributed by atoms with E-state index in [-0.39, 0.29) is 27.5 Å². The normalized spacial score (nSPS) is 10.0. The summed E-state index contributed by atoms with van der Waals surface area (Å²) in [6.07, 6.45) is 0. The number of carbonyl (C=O) groups is 1. The molecule has 0 atom stereocenters. The van der Waals surface area contributed by atoms with Gasteiger partial charge in [-0.1, -0.05) is 11.6 Å². The first kappa shape index (κ1) is 14.9. The molecule has 2 rings (SSSR count). The number of aromatic nitrogens is 1. The fourth-order valence-corrected chi connectivity index (χ4v) is 1.94. The third kappa shape index (κ3) is 2.98. The van der Waals surface area contributed by atoms with Crippen LogP contribution in [0.3, 0.4) is 0 Å². The number of benzene rings is 1. The fourth-order valence-electron chi connectivity index (χ4n) is 1.74. The Morgan fingerprint density at radius 1 is 1.29 bits per heavy atom. The van der Waals surface area contributed by atoms with E-state index in [0.29, 0.717) is 6.07 Å². The topological polar surface area (TPSA) is 63.0 Å². The molecule has 1 aromatic carbocycles. The van der Waals surface area contributed by atoms with Crippen molar-refractivity contribution in [3.8, 4) is 17.3 Å². The van der Waals surface area contributed by atoms with Gasteiger partial charge in [-0.25, -0.2) is 18.6 Å². The Morgan fingerprint density at radius 2 is 1.90 bits per heavy atom. The zero-order valence-electron chi connectivity index (χ0n) is 10.7. The molecule has 0 aliphatic heterocycles. The third-order valence-electron chi connectivity index (χ3n) is 2.62. The van der Waals surface area contributed by atoms with Crippen molar-refractivity contribution in [2.75, 3.05) is 7.11 Å². The lowest BCUT2D eigenvalue weighted by atomic mass is 10.0. The molecular formula is C14H7ClF2N2O2. The molecule has 0 radical (unpaired) electrons. The summed E-state index contributed by atoms with van der Waals surface area (Å²) in [6, 6.07) is 5.58. The average molecular weight is 309 g/mol. The molecule has 0 aliphatic rings. The van der Waals surface area contributed by atoms with Crippen molar-refractivity contribution >= 4 is 17.6 Å². The van der Waals surface area contributed by atoms with E-state index in [1.54, 1.807) is 6.07 Å². The summed E-state index contributed by atoms with van der Waals surface area (Å²) in [5, 5.41) is 8.87.